The van der Waals surface area contributed by atoms with E-state index in [0.29, 0.717) is 17.0 Å². The van der Waals surface area contributed by atoms with Crippen LogP contribution in [0.3, 0.4) is 0 Å². The summed E-state index contributed by atoms with van der Waals surface area (Å²) in [7, 11) is 1.53. The number of H-pyrrole nitrogens is 1. The highest BCUT2D eigenvalue weighted by molar-refractivity contribution is 5.93. The fourth-order valence-corrected chi connectivity index (χ4v) is 1.62. The van der Waals surface area contributed by atoms with Gasteiger partial charge in [0.2, 0.25) is 0 Å². The fourth-order valence-electron chi connectivity index (χ4n) is 1.62. The van der Waals surface area contributed by atoms with Crippen molar-refractivity contribution >= 4 is 5.91 Å². The van der Waals surface area contributed by atoms with Crippen LogP contribution in [-0.2, 0) is 0 Å². The molecule has 0 saturated heterocycles. The molecule has 1 heterocycles. The van der Waals surface area contributed by atoms with Crippen molar-refractivity contribution < 1.29 is 22.7 Å². The lowest BCUT2D eigenvalue weighted by molar-refractivity contribution is -0.123. The first-order chi connectivity index (χ1) is 9.89. The van der Waals surface area contributed by atoms with Crippen molar-refractivity contribution in [3.63, 3.8) is 0 Å². The number of halogens is 3. The lowest BCUT2D eigenvalue weighted by atomic mass is 10.1. The average Bonchev–Trinajstić information content (AvgIpc) is 2.94. The number of aromatic amines is 1. The summed E-state index contributed by atoms with van der Waals surface area (Å²) in [5, 5.41) is 8.07. The number of carbonyl (C=O) groups excluding carboxylic acids is 1. The Morgan fingerprint density at radius 3 is 2.57 bits per heavy atom. The monoisotopic (exact) mass is 299 g/mol. The van der Waals surface area contributed by atoms with E-state index >= 15 is 0 Å². The SMILES string of the molecule is COc1ccc(-c2cc(C(=O)NCC(F)(F)F)[nH]n2)cc1. The fraction of sp³-hybridized carbons (Fsp3) is 0.231. The number of alkyl halides is 3. The first-order valence-electron chi connectivity index (χ1n) is 5.94. The Morgan fingerprint density at radius 2 is 2.00 bits per heavy atom. The lowest BCUT2D eigenvalue weighted by Gasteiger charge is -2.06. The van der Waals surface area contributed by atoms with Gasteiger partial charge in [-0.15, -0.1) is 0 Å². The molecule has 2 aromatic rings. The van der Waals surface area contributed by atoms with Crippen molar-refractivity contribution in [2.75, 3.05) is 13.7 Å². The largest absolute Gasteiger partial charge is 0.497 e. The molecule has 21 heavy (non-hydrogen) atoms. The van der Waals surface area contributed by atoms with E-state index in [1.807, 2.05) is 0 Å². The maximum Gasteiger partial charge on any atom is 0.405 e. The van der Waals surface area contributed by atoms with E-state index in [4.69, 9.17) is 4.74 Å². The molecule has 0 atom stereocenters. The highest BCUT2D eigenvalue weighted by Gasteiger charge is 2.28. The predicted molar refractivity (Wildman–Crippen MR) is 69.0 cm³/mol. The van der Waals surface area contributed by atoms with E-state index < -0.39 is 18.6 Å². The molecule has 0 aliphatic carbocycles. The average molecular weight is 299 g/mol. The zero-order valence-corrected chi connectivity index (χ0v) is 11.0. The molecule has 2 rings (SSSR count). The topological polar surface area (TPSA) is 67.0 Å². The number of ether oxygens (including phenoxy) is 1. The van der Waals surface area contributed by atoms with Gasteiger partial charge in [-0.25, -0.2) is 0 Å². The Labute approximate surface area is 118 Å². The van der Waals surface area contributed by atoms with Crippen LogP contribution in [0.15, 0.2) is 30.3 Å². The third kappa shape index (κ3) is 3.98. The number of benzene rings is 1. The highest BCUT2D eigenvalue weighted by atomic mass is 19.4. The molecule has 5 nitrogen and oxygen atoms in total. The number of hydrogen-bond acceptors (Lipinski definition) is 3. The van der Waals surface area contributed by atoms with E-state index in [0.717, 1.165) is 0 Å². The van der Waals surface area contributed by atoms with Crippen molar-refractivity contribution in [3.05, 3.63) is 36.0 Å². The molecule has 0 fully saturated rings. The first-order valence-corrected chi connectivity index (χ1v) is 5.94. The molecule has 0 bridgehead atoms. The molecule has 0 saturated carbocycles. The highest BCUT2D eigenvalue weighted by Crippen LogP contribution is 2.21. The van der Waals surface area contributed by atoms with Crippen molar-refractivity contribution in [2.45, 2.75) is 6.18 Å². The summed E-state index contributed by atoms with van der Waals surface area (Å²) in [6.07, 6.45) is -4.45. The number of nitrogens with zero attached hydrogens (tertiary/aromatic N) is 1. The van der Waals surface area contributed by atoms with Crippen LogP contribution in [0, 0.1) is 0 Å². The van der Waals surface area contributed by atoms with E-state index in [9.17, 15) is 18.0 Å². The normalized spacial score (nSPS) is 11.2. The van der Waals surface area contributed by atoms with Crippen molar-refractivity contribution in [1.29, 1.82) is 0 Å². The van der Waals surface area contributed by atoms with Crippen LogP contribution >= 0.6 is 0 Å². The van der Waals surface area contributed by atoms with Crippen molar-refractivity contribution in [3.8, 4) is 17.0 Å². The molecule has 1 aromatic heterocycles. The minimum Gasteiger partial charge on any atom is -0.497 e. The van der Waals surface area contributed by atoms with Crippen LogP contribution in [0.25, 0.3) is 11.3 Å². The van der Waals surface area contributed by atoms with Gasteiger partial charge in [0.05, 0.1) is 12.8 Å². The molecular formula is C13H12F3N3O2. The zero-order valence-electron chi connectivity index (χ0n) is 11.0. The van der Waals surface area contributed by atoms with Crippen LogP contribution in [0.2, 0.25) is 0 Å². The maximum atomic E-state index is 12.0. The van der Waals surface area contributed by atoms with E-state index in [1.54, 1.807) is 29.6 Å². The quantitative estimate of drug-likeness (QED) is 0.911. The van der Waals surface area contributed by atoms with Crippen LogP contribution in [0.5, 0.6) is 5.75 Å². The van der Waals surface area contributed by atoms with Gasteiger partial charge in [0.1, 0.15) is 18.0 Å². The summed E-state index contributed by atoms with van der Waals surface area (Å²) in [6.45, 7) is -1.39. The second-order valence-electron chi connectivity index (χ2n) is 4.19. The first kappa shape index (κ1) is 14.9. The Morgan fingerprint density at radius 1 is 1.33 bits per heavy atom. The van der Waals surface area contributed by atoms with Crippen LogP contribution < -0.4 is 10.1 Å². The Hall–Kier alpha value is -2.51. The van der Waals surface area contributed by atoms with Gasteiger partial charge in [-0.2, -0.15) is 18.3 Å². The summed E-state index contributed by atoms with van der Waals surface area (Å²) in [4.78, 5) is 11.5. The standard InChI is InChI=1S/C13H12F3N3O2/c1-21-9-4-2-8(3-5-9)10-6-11(19-18-10)12(20)17-7-13(14,15)16/h2-6H,7H2,1H3,(H,17,20)(H,18,19). The second kappa shape index (κ2) is 5.86. The van der Waals surface area contributed by atoms with Gasteiger partial charge < -0.3 is 10.1 Å². The van der Waals surface area contributed by atoms with Gasteiger partial charge in [0, 0.05) is 5.56 Å². The molecular weight excluding hydrogens is 287 g/mol. The summed E-state index contributed by atoms with van der Waals surface area (Å²) in [5.74, 6) is -0.197. The molecule has 1 aromatic carbocycles. The summed E-state index contributed by atoms with van der Waals surface area (Å²) < 4.78 is 41.1. The summed E-state index contributed by atoms with van der Waals surface area (Å²) in [5.41, 5.74) is 1.13. The van der Waals surface area contributed by atoms with Crippen molar-refractivity contribution in [2.24, 2.45) is 0 Å². The van der Waals surface area contributed by atoms with Crippen molar-refractivity contribution in [1.82, 2.24) is 15.5 Å². The minimum atomic E-state index is -4.45. The molecule has 0 unspecified atom stereocenters. The van der Waals surface area contributed by atoms with Gasteiger partial charge in [-0.1, -0.05) is 0 Å². The number of rotatable bonds is 4. The summed E-state index contributed by atoms with van der Waals surface area (Å²) >= 11 is 0. The van der Waals surface area contributed by atoms with Gasteiger partial charge in [0.25, 0.3) is 5.91 Å². The molecule has 2 N–H and O–H groups in total. The molecule has 0 aliphatic heterocycles. The van der Waals surface area contributed by atoms with Gasteiger partial charge in [-0.3, -0.25) is 9.89 Å². The molecule has 0 radical (unpaired) electrons. The molecule has 8 heteroatoms. The molecule has 112 valence electrons. The second-order valence-corrected chi connectivity index (χ2v) is 4.19. The Bertz CT molecular complexity index is 620. The Kier molecular flexibility index (Phi) is 4.15. The van der Waals surface area contributed by atoms with E-state index in [1.165, 1.54) is 13.2 Å². The van der Waals surface area contributed by atoms with Crippen LogP contribution in [0.1, 0.15) is 10.5 Å². The van der Waals surface area contributed by atoms with E-state index in [2.05, 4.69) is 10.2 Å². The smallest absolute Gasteiger partial charge is 0.405 e. The number of methoxy groups -OCH3 is 1. The number of nitrogens with one attached hydrogen (secondary N) is 2. The molecule has 0 aliphatic rings. The predicted octanol–water partition coefficient (Wildman–Crippen LogP) is 2.38. The third-order valence-electron chi connectivity index (χ3n) is 2.66. The lowest BCUT2D eigenvalue weighted by Crippen LogP contribution is -2.33. The number of aromatic nitrogens is 2. The number of carbonyl (C=O) groups is 1. The molecule has 1 amide bonds. The maximum absolute atomic E-state index is 12.0. The van der Waals surface area contributed by atoms with Gasteiger partial charge in [-0.05, 0) is 30.3 Å². The summed E-state index contributed by atoms with van der Waals surface area (Å²) in [6, 6.07) is 8.27. The number of amides is 1. The molecule has 0 spiro atoms. The van der Waals surface area contributed by atoms with Gasteiger partial charge >= 0.3 is 6.18 Å². The third-order valence-corrected chi connectivity index (χ3v) is 2.66. The zero-order chi connectivity index (χ0) is 15.5. The minimum absolute atomic E-state index is 0.0370. The Balaban J connectivity index is 2.08. The van der Waals surface area contributed by atoms with Gasteiger partial charge in [0.15, 0.2) is 0 Å². The van der Waals surface area contributed by atoms with Crippen LogP contribution in [0.4, 0.5) is 13.2 Å². The van der Waals surface area contributed by atoms with E-state index in [-0.39, 0.29) is 5.69 Å². The number of hydrogen-bond donors (Lipinski definition) is 2. The van der Waals surface area contributed by atoms with Crippen LogP contribution in [-0.4, -0.2) is 35.9 Å².